The van der Waals surface area contributed by atoms with E-state index in [-0.39, 0.29) is 11.6 Å². The molecule has 0 unspecified atom stereocenters. The maximum atomic E-state index is 13.8. The molecule has 0 aliphatic heterocycles. The van der Waals surface area contributed by atoms with E-state index >= 15 is 0 Å². The first-order chi connectivity index (χ1) is 10.1. The highest BCUT2D eigenvalue weighted by molar-refractivity contribution is 6.08. The lowest BCUT2D eigenvalue weighted by molar-refractivity contribution is 0.102. The molecule has 110 valence electrons. The summed E-state index contributed by atoms with van der Waals surface area (Å²) >= 11 is 0. The van der Waals surface area contributed by atoms with Gasteiger partial charge in [-0.1, -0.05) is 19.1 Å². The van der Waals surface area contributed by atoms with Gasteiger partial charge < -0.3 is 10.6 Å². The molecule has 0 aliphatic rings. The molecule has 21 heavy (non-hydrogen) atoms. The Morgan fingerprint density at radius 1 is 1.33 bits per heavy atom. The minimum absolute atomic E-state index is 0.202. The third-order valence-electron chi connectivity index (χ3n) is 3.09. The fraction of sp³-hybridized carbons (Fsp3) is 0.250. The molecule has 1 heterocycles. The second-order valence-electron chi connectivity index (χ2n) is 4.73. The maximum Gasteiger partial charge on any atom is 0.259 e. The Balaban J connectivity index is 2.25. The second-order valence-corrected chi connectivity index (χ2v) is 4.73. The van der Waals surface area contributed by atoms with Crippen LogP contribution >= 0.6 is 0 Å². The number of para-hydroxylation sites is 1. The molecule has 0 fully saturated rings. The number of hydrogen-bond acceptors (Lipinski definition) is 3. The molecule has 0 saturated carbocycles. The van der Waals surface area contributed by atoms with Crippen LogP contribution < -0.4 is 10.6 Å². The van der Waals surface area contributed by atoms with Crippen LogP contribution in [0.25, 0.3) is 0 Å². The van der Waals surface area contributed by atoms with Crippen LogP contribution in [0.3, 0.4) is 0 Å². The zero-order valence-electron chi connectivity index (χ0n) is 12.1. The maximum absolute atomic E-state index is 13.8. The minimum atomic E-state index is -0.449. The van der Waals surface area contributed by atoms with Crippen molar-refractivity contribution in [2.24, 2.45) is 0 Å². The highest BCUT2D eigenvalue weighted by Gasteiger charge is 2.14. The number of aromatic nitrogens is 1. The summed E-state index contributed by atoms with van der Waals surface area (Å²) in [6, 6.07) is 6.41. The Labute approximate surface area is 123 Å². The molecule has 1 aromatic heterocycles. The molecule has 1 amide bonds. The van der Waals surface area contributed by atoms with Gasteiger partial charge in [0.15, 0.2) is 0 Å². The summed E-state index contributed by atoms with van der Waals surface area (Å²) in [4.78, 5) is 16.3. The zero-order valence-corrected chi connectivity index (χ0v) is 12.1. The third-order valence-corrected chi connectivity index (χ3v) is 3.09. The molecule has 0 spiro atoms. The number of nitrogens with one attached hydrogen (secondary N) is 2. The highest BCUT2D eigenvalue weighted by Crippen LogP contribution is 2.21. The van der Waals surface area contributed by atoms with Crippen LogP contribution in [0, 0.1) is 12.7 Å². The van der Waals surface area contributed by atoms with E-state index < -0.39 is 5.82 Å². The predicted molar refractivity (Wildman–Crippen MR) is 82.1 cm³/mol. The number of carbonyl (C=O) groups is 1. The second kappa shape index (κ2) is 6.83. The summed E-state index contributed by atoms with van der Waals surface area (Å²) in [5, 5.41) is 5.78. The Kier molecular flexibility index (Phi) is 4.87. The lowest BCUT2D eigenvalue weighted by atomic mass is 10.1. The molecule has 5 heteroatoms. The molecule has 0 bridgehead atoms. The van der Waals surface area contributed by atoms with Crippen molar-refractivity contribution < 1.29 is 9.18 Å². The molecule has 0 saturated heterocycles. The summed E-state index contributed by atoms with van der Waals surface area (Å²) < 4.78 is 13.8. The number of hydrogen-bond donors (Lipinski definition) is 2. The van der Waals surface area contributed by atoms with Crippen molar-refractivity contribution in [3.05, 3.63) is 53.6 Å². The Hall–Kier alpha value is -2.43. The summed E-state index contributed by atoms with van der Waals surface area (Å²) in [6.45, 7) is 4.54. The first-order valence-electron chi connectivity index (χ1n) is 6.87. The van der Waals surface area contributed by atoms with Gasteiger partial charge in [-0.15, -0.1) is 0 Å². The van der Waals surface area contributed by atoms with Crippen molar-refractivity contribution in [3.63, 3.8) is 0 Å². The lowest BCUT2D eigenvalue weighted by Crippen LogP contribution is -2.17. The Bertz CT molecular complexity index is 623. The van der Waals surface area contributed by atoms with Crippen LogP contribution in [-0.4, -0.2) is 17.4 Å². The van der Waals surface area contributed by atoms with Crippen molar-refractivity contribution in [1.82, 2.24) is 4.98 Å². The number of anilines is 2. The minimum Gasteiger partial charge on any atom is -0.384 e. The van der Waals surface area contributed by atoms with Gasteiger partial charge in [0.25, 0.3) is 5.91 Å². The Morgan fingerprint density at radius 3 is 2.86 bits per heavy atom. The van der Waals surface area contributed by atoms with Crippen LogP contribution in [-0.2, 0) is 0 Å². The molecule has 2 N–H and O–H groups in total. The van der Waals surface area contributed by atoms with Gasteiger partial charge in [0.1, 0.15) is 5.82 Å². The third kappa shape index (κ3) is 3.56. The molecule has 0 atom stereocenters. The lowest BCUT2D eigenvalue weighted by Gasteiger charge is -2.13. The monoisotopic (exact) mass is 287 g/mol. The fourth-order valence-corrected chi connectivity index (χ4v) is 1.96. The number of pyridine rings is 1. The van der Waals surface area contributed by atoms with Gasteiger partial charge in [-0.3, -0.25) is 9.78 Å². The van der Waals surface area contributed by atoms with Crippen molar-refractivity contribution >= 4 is 17.3 Å². The summed E-state index contributed by atoms with van der Waals surface area (Å²) in [5.41, 5.74) is 1.97. The number of carbonyl (C=O) groups excluding carboxylic acids is 1. The molecule has 0 aliphatic carbocycles. The number of halogens is 1. The van der Waals surface area contributed by atoms with E-state index in [9.17, 15) is 9.18 Å². The molecule has 2 rings (SSSR count). The van der Waals surface area contributed by atoms with Crippen molar-refractivity contribution in [2.75, 3.05) is 17.2 Å². The molecular formula is C16H18FN3O. The van der Waals surface area contributed by atoms with Gasteiger partial charge in [0.2, 0.25) is 0 Å². The van der Waals surface area contributed by atoms with E-state index in [0.717, 1.165) is 13.0 Å². The molecule has 1 aromatic carbocycles. The summed E-state index contributed by atoms with van der Waals surface area (Å²) in [5.74, 6) is -0.829. The van der Waals surface area contributed by atoms with E-state index in [1.807, 2.05) is 6.92 Å². The normalized spacial score (nSPS) is 10.2. The predicted octanol–water partition coefficient (Wildman–Crippen LogP) is 3.60. The standard InChI is InChI=1S/C16H18FN3O/c1-3-8-19-14-7-9-18-10-12(14)16(21)20-15-11(2)5-4-6-13(15)17/h4-7,9-10H,3,8H2,1-2H3,(H,18,19)(H,20,21). The molecule has 0 radical (unpaired) electrons. The van der Waals surface area contributed by atoms with Crippen molar-refractivity contribution in [1.29, 1.82) is 0 Å². The SMILES string of the molecule is CCCNc1ccncc1C(=O)Nc1c(C)cccc1F. The van der Waals surface area contributed by atoms with Crippen molar-refractivity contribution in [3.8, 4) is 0 Å². The van der Waals surface area contributed by atoms with Gasteiger partial charge in [-0.2, -0.15) is 0 Å². The first-order valence-corrected chi connectivity index (χ1v) is 6.87. The van der Waals surface area contributed by atoms with E-state index in [0.29, 0.717) is 16.8 Å². The van der Waals surface area contributed by atoms with Gasteiger partial charge in [-0.05, 0) is 31.0 Å². The van der Waals surface area contributed by atoms with Crippen molar-refractivity contribution in [2.45, 2.75) is 20.3 Å². The van der Waals surface area contributed by atoms with Crippen LogP contribution in [0.15, 0.2) is 36.7 Å². The van der Waals surface area contributed by atoms with E-state index in [1.54, 1.807) is 31.3 Å². The van der Waals surface area contributed by atoms with Gasteiger partial charge in [-0.25, -0.2) is 4.39 Å². The highest BCUT2D eigenvalue weighted by atomic mass is 19.1. The number of aryl methyl sites for hydroxylation is 1. The molecule has 4 nitrogen and oxygen atoms in total. The topological polar surface area (TPSA) is 54.0 Å². The van der Waals surface area contributed by atoms with Gasteiger partial charge >= 0.3 is 0 Å². The van der Waals surface area contributed by atoms with E-state index in [4.69, 9.17) is 0 Å². The Morgan fingerprint density at radius 2 is 2.14 bits per heavy atom. The number of nitrogens with zero attached hydrogens (tertiary/aromatic N) is 1. The van der Waals surface area contributed by atoms with Crippen LogP contribution in [0.5, 0.6) is 0 Å². The van der Waals surface area contributed by atoms with E-state index in [1.165, 1.54) is 12.3 Å². The number of amides is 1. The average molecular weight is 287 g/mol. The first kappa shape index (κ1) is 15.0. The molecule has 2 aromatic rings. The van der Waals surface area contributed by atoms with E-state index in [2.05, 4.69) is 15.6 Å². The summed E-state index contributed by atoms with van der Waals surface area (Å²) in [7, 11) is 0. The largest absolute Gasteiger partial charge is 0.384 e. The molecular weight excluding hydrogens is 269 g/mol. The van der Waals surface area contributed by atoms with Gasteiger partial charge in [0.05, 0.1) is 16.9 Å². The fourth-order valence-electron chi connectivity index (χ4n) is 1.96. The van der Waals surface area contributed by atoms with Crippen LogP contribution in [0.4, 0.5) is 15.8 Å². The average Bonchev–Trinajstić information content (AvgIpc) is 2.49. The van der Waals surface area contributed by atoms with Crippen LogP contribution in [0.2, 0.25) is 0 Å². The number of rotatable bonds is 5. The van der Waals surface area contributed by atoms with Gasteiger partial charge in [0, 0.05) is 18.9 Å². The summed E-state index contributed by atoms with van der Waals surface area (Å²) in [6.07, 6.45) is 4.03. The van der Waals surface area contributed by atoms with Crippen LogP contribution in [0.1, 0.15) is 29.3 Å². The quantitative estimate of drug-likeness (QED) is 0.883. The smallest absolute Gasteiger partial charge is 0.259 e. The zero-order chi connectivity index (χ0) is 15.2. The number of benzene rings is 1.